The van der Waals surface area contributed by atoms with Crippen LogP contribution in [-0.2, 0) is 0 Å². The summed E-state index contributed by atoms with van der Waals surface area (Å²) in [6.45, 7) is 0.873. The molecule has 3 N–H and O–H groups in total. The van der Waals surface area contributed by atoms with Crippen LogP contribution in [-0.4, -0.2) is 43.4 Å². The summed E-state index contributed by atoms with van der Waals surface area (Å²) >= 11 is 0. The Bertz CT molecular complexity index is 400. The number of nitrogen functional groups attached to an aromatic ring is 1. The third-order valence-corrected chi connectivity index (χ3v) is 3.35. The van der Waals surface area contributed by atoms with Crippen LogP contribution in [0.5, 0.6) is 0 Å². The van der Waals surface area contributed by atoms with Crippen molar-refractivity contribution in [1.29, 1.82) is 0 Å². The molecule has 1 aliphatic heterocycles. The van der Waals surface area contributed by atoms with Crippen molar-refractivity contribution in [2.45, 2.75) is 18.5 Å². The van der Waals surface area contributed by atoms with Crippen molar-refractivity contribution in [1.82, 2.24) is 10.2 Å². The summed E-state index contributed by atoms with van der Waals surface area (Å²) in [5.41, 5.74) is 7.03. The average molecular weight is 233 g/mol. The van der Waals surface area contributed by atoms with Gasteiger partial charge in [0, 0.05) is 23.8 Å². The van der Waals surface area contributed by atoms with Gasteiger partial charge in [-0.25, -0.2) is 0 Å². The highest BCUT2D eigenvalue weighted by molar-refractivity contribution is 6.00. The number of hydrogen-bond acceptors (Lipinski definition) is 4. The largest absolute Gasteiger partial charge is 0.399 e. The van der Waals surface area contributed by atoms with Crippen LogP contribution in [0.3, 0.4) is 0 Å². The van der Waals surface area contributed by atoms with Crippen molar-refractivity contribution in [3.8, 4) is 0 Å². The maximum atomic E-state index is 12.2. The Morgan fingerprint density at radius 2 is 2.00 bits per heavy atom. The Hall–Kier alpha value is -1.39. The van der Waals surface area contributed by atoms with Crippen molar-refractivity contribution in [3.63, 3.8) is 0 Å². The van der Waals surface area contributed by atoms with Gasteiger partial charge >= 0.3 is 0 Å². The molecule has 0 aromatic heterocycles. The fourth-order valence-electron chi connectivity index (χ4n) is 2.16. The summed E-state index contributed by atoms with van der Waals surface area (Å²) in [5, 5.41) is 3.28. The van der Waals surface area contributed by atoms with E-state index in [0.29, 0.717) is 11.7 Å². The van der Waals surface area contributed by atoms with E-state index in [4.69, 9.17) is 5.73 Å². The first-order chi connectivity index (χ1) is 8.08. The number of rotatable bonds is 3. The number of carbonyl (C=O) groups excluding carboxylic acids is 1. The minimum Gasteiger partial charge on any atom is -0.399 e. The molecule has 1 aromatic carbocycles. The number of anilines is 1. The number of Topliss-reactive ketones (excluding diaryl/α,β-unsaturated/α-hetero) is 1. The summed E-state index contributed by atoms with van der Waals surface area (Å²) < 4.78 is 0. The van der Waals surface area contributed by atoms with E-state index in [2.05, 4.69) is 10.2 Å². The molecular formula is C13H19N3O. The zero-order valence-electron chi connectivity index (χ0n) is 10.3. The zero-order chi connectivity index (χ0) is 12.4. The standard InChI is InChI=1S/C13H19N3O/c1-16(2)11-7-12(15-8-11)13(17)9-3-5-10(14)6-4-9/h3-6,11-12,15H,7-8,14H2,1-2H3. The molecule has 1 fully saturated rings. The topological polar surface area (TPSA) is 58.4 Å². The molecular weight excluding hydrogens is 214 g/mol. The lowest BCUT2D eigenvalue weighted by Crippen LogP contribution is -2.30. The summed E-state index contributed by atoms with van der Waals surface area (Å²) in [4.78, 5) is 14.4. The van der Waals surface area contributed by atoms with Crippen molar-refractivity contribution in [3.05, 3.63) is 29.8 Å². The highest BCUT2D eigenvalue weighted by Gasteiger charge is 2.30. The predicted octanol–water partition coefficient (Wildman–Crippen LogP) is 0.744. The van der Waals surface area contributed by atoms with E-state index >= 15 is 0 Å². The minimum atomic E-state index is -0.0639. The van der Waals surface area contributed by atoms with E-state index in [0.717, 1.165) is 18.5 Å². The normalized spacial score (nSPS) is 24.2. The van der Waals surface area contributed by atoms with Gasteiger partial charge in [0.2, 0.25) is 0 Å². The lowest BCUT2D eigenvalue weighted by molar-refractivity contribution is 0.0949. The van der Waals surface area contributed by atoms with E-state index in [9.17, 15) is 4.79 Å². The predicted molar refractivity (Wildman–Crippen MR) is 69.1 cm³/mol. The third kappa shape index (κ3) is 2.65. The van der Waals surface area contributed by atoms with Crippen molar-refractivity contribution < 1.29 is 4.79 Å². The molecule has 92 valence electrons. The van der Waals surface area contributed by atoms with Crippen molar-refractivity contribution in [2.24, 2.45) is 0 Å². The van der Waals surface area contributed by atoms with Crippen LogP contribution in [0.4, 0.5) is 5.69 Å². The second kappa shape index (κ2) is 4.85. The smallest absolute Gasteiger partial charge is 0.179 e. The van der Waals surface area contributed by atoms with Gasteiger partial charge in [-0.1, -0.05) is 0 Å². The Morgan fingerprint density at radius 1 is 1.35 bits per heavy atom. The minimum absolute atomic E-state index is 0.0639. The maximum absolute atomic E-state index is 12.2. The highest BCUT2D eigenvalue weighted by Crippen LogP contribution is 2.16. The SMILES string of the molecule is CN(C)C1CNC(C(=O)c2ccc(N)cc2)C1. The average Bonchev–Trinajstić information content (AvgIpc) is 2.78. The Morgan fingerprint density at radius 3 is 2.53 bits per heavy atom. The summed E-state index contributed by atoms with van der Waals surface area (Å²) in [5.74, 6) is 0.161. The van der Waals surface area contributed by atoms with Crippen LogP contribution < -0.4 is 11.1 Å². The molecule has 1 saturated heterocycles. The van der Waals surface area contributed by atoms with Crippen LogP contribution in [0.15, 0.2) is 24.3 Å². The number of carbonyl (C=O) groups is 1. The Balaban J connectivity index is 2.04. The Kier molecular flexibility index (Phi) is 3.45. The van der Waals surface area contributed by atoms with Gasteiger partial charge in [0.05, 0.1) is 6.04 Å². The summed E-state index contributed by atoms with van der Waals surface area (Å²) in [6, 6.07) is 7.51. The molecule has 1 aromatic rings. The molecule has 4 heteroatoms. The molecule has 0 amide bonds. The number of ketones is 1. The van der Waals surface area contributed by atoms with Gasteiger partial charge in [0.15, 0.2) is 5.78 Å². The van der Waals surface area contributed by atoms with Crippen LogP contribution in [0.25, 0.3) is 0 Å². The van der Waals surface area contributed by atoms with Gasteiger partial charge in [-0.3, -0.25) is 4.79 Å². The highest BCUT2D eigenvalue weighted by atomic mass is 16.1. The van der Waals surface area contributed by atoms with Crippen LogP contribution in [0.1, 0.15) is 16.8 Å². The van der Waals surface area contributed by atoms with Gasteiger partial charge in [0.1, 0.15) is 0 Å². The van der Waals surface area contributed by atoms with Gasteiger partial charge in [-0.15, -0.1) is 0 Å². The van der Waals surface area contributed by atoms with Crippen LogP contribution >= 0.6 is 0 Å². The first kappa shape index (κ1) is 12.1. The fraction of sp³-hybridized carbons (Fsp3) is 0.462. The molecule has 0 spiro atoms. The summed E-state index contributed by atoms with van der Waals surface area (Å²) in [6.07, 6.45) is 0.871. The number of hydrogen-bond donors (Lipinski definition) is 2. The first-order valence-corrected chi connectivity index (χ1v) is 5.87. The lowest BCUT2D eigenvalue weighted by atomic mass is 10.0. The fourth-order valence-corrected chi connectivity index (χ4v) is 2.16. The molecule has 0 bridgehead atoms. The van der Waals surface area contributed by atoms with Crippen molar-refractivity contribution in [2.75, 3.05) is 26.4 Å². The van der Waals surface area contributed by atoms with Gasteiger partial charge in [0.25, 0.3) is 0 Å². The molecule has 2 unspecified atom stereocenters. The van der Waals surface area contributed by atoms with E-state index in [1.807, 2.05) is 14.1 Å². The van der Waals surface area contributed by atoms with Crippen LogP contribution in [0.2, 0.25) is 0 Å². The molecule has 2 atom stereocenters. The Labute approximate surface area is 102 Å². The van der Waals surface area contributed by atoms with E-state index in [-0.39, 0.29) is 11.8 Å². The molecule has 4 nitrogen and oxygen atoms in total. The lowest BCUT2D eigenvalue weighted by Gasteiger charge is -2.17. The quantitative estimate of drug-likeness (QED) is 0.597. The number of nitrogens with zero attached hydrogens (tertiary/aromatic N) is 1. The number of likely N-dealkylation sites (N-methyl/N-ethyl adjacent to an activating group) is 1. The van der Waals surface area contributed by atoms with E-state index in [1.165, 1.54) is 0 Å². The molecule has 1 heterocycles. The van der Waals surface area contributed by atoms with Gasteiger partial charge < -0.3 is 16.0 Å². The molecule has 17 heavy (non-hydrogen) atoms. The number of nitrogens with two attached hydrogens (primary N) is 1. The second-order valence-electron chi connectivity index (χ2n) is 4.80. The van der Waals surface area contributed by atoms with Gasteiger partial charge in [-0.05, 0) is 44.8 Å². The van der Waals surface area contributed by atoms with Crippen LogP contribution in [0, 0.1) is 0 Å². The zero-order valence-corrected chi connectivity index (χ0v) is 10.3. The molecule has 2 rings (SSSR count). The molecule has 0 saturated carbocycles. The van der Waals surface area contributed by atoms with E-state index < -0.39 is 0 Å². The van der Waals surface area contributed by atoms with Gasteiger partial charge in [-0.2, -0.15) is 0 Å². The van der Waals surface area contributed by atoms with E-state index in [1.54, 1.807) is 24.3 Å². The number of benzene rings is 1. The van der Waals surface area contributed by atoms with Crippen molar-refractivity contribution >= 4 is 11.5 Å². The monoisotopic (exact) mass is 233 g/mol. The molecule has 1 aliphatic rings. The second-order valence-corrected chi connectivity index (χ2v) is 4.80. The molecule has 0 aliphatic carbocycles. The summed E-state index contributed by atoms with van der Waals surface area (Å²) in [7, 11) is 4.09. The maximum Gasteiger partial charge on any atom is 0.179 e. The first-order valence-electron chi connectivity index (χ1n) is 5.87. The molecule has 0 radical (unpaired) electrons. The number of nitrogens with one attached hydrogen (secondary N) is 1. The third-order valence-electron chi connectivity index (χ3n) is 3.35.